The molecule has 0 fully saturated rings. The minimum Gasteiger partial charge on any atom is -0.310 e. The zero-order valence-corrected chi connectivity index (χ0v) is 36.7. The zero-order chi connectivity index (χ0) is 43.8. The van der Waals surface area contributed by atoms with Crippen LogP contribution in [-0.2, 0) is 10.8 Å². The lowest BCUT2D eigenvalue weighted by atomic mass is 9.68. The maximum absolute atomic E-state index is 2.46. The number of nitrogens with zero attached hydrogens (tertiary/aromatic N) is 1. The number of rotatable bonds is 7. The summed E-state index contributed by atoms with van der Waals surface area (Å²) < 4.78 is 0. The third-order valence-corrected chi connectivity index (χ3v) is 14.8. The topological polar surface area (TPSA) is 3.24 Å². The fraction of sp³-hybridized carbons (Fsp3) is 0.0462. The van der Waals surface area contributed by atoms with E-state index in [1.807, 2.05) is 0 Å². The van der Waals surface area contributed by atoms with E-state index in [-0.39, 0.29) is 5.41 Å². The van der Waals surface area contributed by atoms with Crippen LogP contribution in [0.25, 0.3) is 54.9 Å². The smallest absolute Gasteiger partial charge is 0.0713 e. The third-order valence-electron chi connectivity index (χ3n) is 14.8. The van der Waals surface area contributed by atoms with Crippen molar-refractivity contribution in [2.24, 2.45) is 0 Å². The molecule has 0 heterocycles. The quantitative estimate of drug-likeness (QED) is 0.145. The van der Waals surface area contributed by atoms with Crippen molar-refractivity contribution < 1.29 is 0 Å². The highest BCUT2D eigenvalue weighted by Gasteiger charge is 2.46. The van der Waals surface area contributed by atoms with Crippen molar-refractivity contribution >= 4 is 38.6 Å². The highest BCUT2D eigenvalue weighted by molar-refractivity contribution is 6.08. The van der Waals surface area contributed by atoms with Gasteiger partial charge in [0.05, 0.1) is 5.41 Å². The molecule has 310 valence electrons. The van der Waals surface area contributed by atoms with Gasteiger partial charge in [-0.05, 0) is 143 Å². The Balaban J connectivity index is 0.999. The van der Waals surface area contributed by atoms with Crippen LogP contribution in [0.1, 0.15) is 45.9 Å². The van der Waals surface area contributed by atoms with Crippen LogP contribution in [0.5, 0.6) is 0 Å². The van der Waals surface area contributed by atoms with Crippen LogP contribution >= 0.6 is 0 Å². The normalized spacial score (nSPS) is 15.2. The number of benzene rings is 11. The molecule has 11 aromatic rings. The van der Waals surface area contributed by atoms with Gasteiger partial charge in [-0.2, -0.15) is 0 Å². The van der Waals surface area contributed by atoms with E-state index >= 15 is 0 Å². The van der Waals surface area contributed by atoms with Crippen LogP contribution in [0.4, 0.5) is 17.1 Å². The van der Waals surface area contributed by atoms with E-state index in [2.05, 4.69) is 267 Å². The summed E-state index contributed by atoms with van der Waals surface area (Å²) in [6, 6.07) is 94.7. The van der Waals surface area contributed by atoms with Crippen LogP contribution in [0.2, 0.25) is 0 Å². The molecule has 2 aliphatic rings. The Labute approximate surface area is 386 Å². The van der Waals surface area contributed by atoms with Crippen LogP contribution < -0.4 is 4.90 Å². The van der Waals surface area contributed by atoms with E-state index < -0.39 is 5.41 Å². The SMILES string of the molecule is CC1(c2ccccc2)c2ccccc2-c2cc(N(c3ccc(-c4ccc5c(ccc6ccccc65)c4)cc3)c3ccc4c(c3)-c3ccccc3C4(c3ccccc3)c3ccccc3)ccc21. The highest BCUT2D eigenvalue weighted by atomic mass is 15.1. The molecule has 1 nitrogen and oxygen atoms in total. The van der Waals surface area contributed by atoms with Crippen molar-refractivity contribution in [1.29, 1.82) is 0 Å². The molecule has 0 spiro atoms. The fourth-order valence-electron chi connectivity index (χ4n) is 11.7. The second-order valence-electron chi connectivity index (χ2n) is 18.1. The standard InChI is InChI=1S/C65H45N/c1-64(48-18-5-2-6-19-48)60-27-15-13-25-56(60)58-42-52(36-39-61(58)64)66(51-34-31-44(32-35-51)46-33-38-55-47(41-46)30-29-45-17-11-12-24-54(45)55)53-37-40-63-59(43-53)57-26-14-16-28-62(57)65(63,49-20-7-3-8-21-49)50-22-9-4-10-23-50/h2-43H,1H3. The first-order valence-corrected chi connectivity index (χ1v) is 23.1. The molecule has 1 atom stereocenters. The van der Waals surface area contributed by atoms with Gasteiger partial charge >= 0.3 is 0 Å². The van der Waals surface area contributed by atoms with Gasteiger partial charge in [-0.15, -0.1) is 0 Å². The van der Waals surface area contributed by atoms with E-state index in [1.54, 1.807) is 0 Å². The van der Waals surface area contributed by atoms with Crippen LogP contribution in [0, 0.1) is 0 Å². The lowest BCUT2D eigenvalue weighted by Gasteiger charge is -2.34. The molecule has 11 aromatic carbocycles. The lowest BCUT2D eigenvalue weighted by Crippen LogP contribution is -2.28. The minimum absolute atomic E-state index is 0.278. The van der Waals surface area contributed by atoms with Crippen molar-refractivity contribution in [1.82, 2.24) is 0 Å². The van der Waals surface area contributed by atoms with Crippen LogP contribution in [0.3, 0.4) is 0 Å². The van der Waals surface area contributed by atoms with Gasteiger partial charge < -0.3 is 4.90 Å². The Morgan fingerprint density at radius 3 is 1.42 bits per heavy atom. The second kappa shape index (κ2) is 14.9. The summed E-state index contributed by atoms with van der Waals surface area (Å²) in [7, 11) is 0. The van der Waals surface area contributed by atoms with Crippen molar-refractivity contribution in [3.05, 3.63) is 294 Å². The average molecular weight is 840 g/mol. The molecule has 66 heavy (non-hydrogen) atoms. The maximum atomic E-state index is 2.46. The molecule has 0 saturated carbocycles. The molecule has 0 aliphatic heterocycles. The Morgan fingerprint density at radius 1 is 0.288 bits per heavy atom. The average Bonchev–Trinajstić information content (AvgIpc) is 3.84. The van der Waals surface area contributed by atoms with E-state index in [0.717, 1.165) is 17.1 Å². The molecule has 0 aromatic heterocycles. The lowest BCUT2D eigenvalue weighted by molar-refractivity contribution is 0.714. The summed E-state index contributed by atoms with van der Waals surface area (Å²) in [5.74, 6) is 0. The maximum Gasteiger partial charge on any atom is 0.0713 e. The minimum atomic E-state index is -0.467. The van der Waals surface area contributed by atoms with Gasteiger partial charge in [0, 0.05) is 22.5 Å². The summed E-state index contributed by atoms with van der Waals surface area (Å²) in [5.41, 5.74) is 19.2. The molecule has 0 saturated heterocycles. The molecule has 2 aliphatic carbocycles. The fourth-order valence-corrected chi connectivity index (χ4v) is 11.7. The third kappa shape index (κ3) is 5.60. The monoisotopic (exact) mass is 839 g/mol. The summed E-state index contributed by atoms with van der Waals surface area (Å²) in [6.07, 6.45) is 0. The van der Waals surface area contributed by atoms with Crippen LogP contribution in [0.15, 0.2) is 255 Å². The Hall–Kier alpha value is -8.26. The molecule has 13 rings (SSSR count). The number of hydrogen-bond donors (Lipinski definition) is 0. The van der Waals surface area contributed by atoms with E-state index in [9.17, 15) is 0 Å². The molecular formula is C65H45N. The van der Waals surface area contributed by atoms with Crippen molar-refractivity contribution in [3.8, 4) is 33.4 Å². The molecule has 1 heteroatoms. The second-order valence-corrected chi connectivity index (χ2v) is 18.1. The summed E-state index contributed by atoms with van der Waals surface area (Å²) in [4.78, 5) is 2.46. The van der Waals surface area contributed by atoms with Gasteiger partial charge in [0.2, 0.25) is 0 Å². The van der Waals surface area contributed by atoms with Gasteiger partial charge in [0.25, 0.3) is 0 Å². The predicted octanol–water partition coefficient (Wildman–Crippen LogP) is 16.8. The first kappa shape index (κ1) is 38.2. The number of anilines is 3. The number of hydrogen-bond acceptors (Lipinski definition) is 1. The van der Waals surface area contributed by atoms with Gasteiger partial charge in [-0.1, -0.05) is 212 Å². The molecule has 0 N–H and O–H groups in total. The first-order chi connectivity index (χ1) is 32.6. The van der Waals surface area contributed by atoms with Gasteiger partial charge in [0.15, 0.2) is 0 Å². The predicted molar refractivity (Wildman–Crippen MR) is 276 cm³/mol. The summed E-state index contributed by atoms with van der Waals surface area (Å²) >= 11 is 0. The Bertz CT molecular complexity index is 3610. The molecule has 1 unspecified atom stereocenters. The van der Waals surface area contributed by atoms with Gasteiger partial charge in [-0.25, -0.2) is 0 Å². The first-order valence-electron chi connectivity index (χ1n) is 23.1. The molecular weight excluding hydrogens is 795 g/mol. The summed E-state index contributed by atoms with van der Waals surface area (Å²) in [5, 5.41) is 5.08. The van der Waals surface area contributed by atoms with E-state index in [0.29, 0.717) is 0 Å². The van der Waals surface area contributed by atoms with Crippen molar-refractivity contribution in [2.45, 2.75) is 17.8 Å². The van der Waals surface area contributed by atoms with Crippen molar-refractivity contribution in [2.75, 3.05) is 4.90 Å². The molecule has 0 bridgehead atoms. The van der Waals surface area contributed by atoms with E-state index in [1.165, 1.54) is 93.9 Å². The molecule has 0 radical (unpaired) electrons. The molecule has 0 amide bonds. The largest absolute Gasteiger partial charge is 0.310 e. The van der Waals surface area contributed by atoms with E-state index in [4.69, 9.17) is 0 Å². The number of fused-ring (bicyclic) bond motifs is 9. The Kier molecular flexibility index (Phi) is 8.63. The van der Waals surface area contributed by atoms with Crippen molar-refractivity contribution in [3.63, 3.8) is 0 Å². The Morgan fingerprint density at radius 2 is 0.742 bits per heavy atom. The van der Waals surface area contributed by atoms with Gasteiger partial charge in [-0.3, -0.25) is 0 Å². The highest BCUT2D eigenvalue weighted by Crippen LogP contribution is 2.58. The van der Waals surface area contributed by atoms with Crippen LogP contribution in [-0.4, -0.2) is 0 Å². The van der Waals surface area contributed by atoms with Gasteiger partial charge in [0.1, 0.15) is 0 Å². The zero-order valence-electron chi connectivity index (χ0n) is 36.7. The summed E-state index contributed by atoms with van der Waals surface area (Å²) in [6.45, 7) is 2.39.